The van der Waals surface area contributed by atoms with E-state index >= 15 is 0 Å². The van der Waals surface area contributed by atoms with Gasteiger partial charge >= 0.3 is 0 Å². The first-order valence-corrected chi connectivity index (χ1v) is 8.97. The third-order valence-corrected chi connectivity index (χ3v) is 4.88. The number of rotatable bonds is 6. The summed E-state index contributed by atoms with van der Waals surface area (Å²) in [6.45, 7) is 3.93. The van der Waals surface area contributed by atoms with Crippen LogP contribution >= 0.6 is 0 Å². The van der Waals surface area contributed by atoms with Crippen LogP contribution in [0.5, 0.6) is 5.75 Å². The van der Waals surface area contributed by atoms with Crippen LogP contribution in [0.15, 0.2) is 54.6 Å². The van der Waals surface area contributed by atoms with E-state index in [-0.39, 0.29) is 11.9 Å². The van der Waals surface area contributed by atoms with Crippen molar-refractivity contribution in [1.29, 1.82) is 0 Å². The van der Waals surface area contributed by atoms with Crippen LogP contribution in [0.3, 0.4) is 0 Å². The first-order valence-electron chi connectivity index (χ1n) is 8.97. The lowest BCUT2D eigenvalue weighted by Gasteiger charge is -2.20. The number of amides is 1. The molecule has 0 fully saturated rings. The molecule has 1 heterocycles. The smallest absolute Gasteiger partial charge is 0.225 e. The lowest BCUT2D eigenvalue weighted by Crippen LogP contribution is -2.30. The van der Waals surface area contributed by atoms with E-state index in [0.29, 0.717) is 6.42 Å². The molecule has 140 valence electrons. The maximum Gasteiger partial charge on any atom is 0.225 e. The third-order valence-electron chi connectivity index (χ3n) is 4.88. The number of nitrogens with one attached hydrogen (secondary N) is 1. The van der Waals surface area contributed by atoms with Gasteiger partial charge in [0.2, 0.25) is 5.91 Å². The number of methoxy groups -OCH3 is 1. The molecule has 1 unspecified atom stereocenters. The van der Waals surface area contributed by atoms with Crippen molar-refractivity contribution >= 4 is 5.91 Å². The van der Waals surface area contributed by atoms with E-state index in [1.54, 1.807) is 7.11 Å². The Labute approximate surface area is 160 Å². The molecule has 0 saturated carbocycles. The largest absolute Gasteiger partial charge is 0.497 e. The summed E-state index contributed by atoms with van der Waals surface area (Å²) in [5.74, 6) is 0.761. The van der Waals surface area contributed by atoms with Crippen molar-refractivity contribution in [2.75, 3.05) is 7.11 Å². The summed E-state index contributed by atoms with van der Waals surface area (Å²) in [5.41, 5.74) is 4.94. The molecule has 0 aliphatic carbocycles. The number of aromatic nitrogens is 2. The Morgan fingerprint density at radius 1 is 1.07 bits per heavy atom. The number of carbonyl (C=O) groups is 1. The second-order valence-electron chi connectivity index (χ2n) is 6.63. The molecule has 5 heteroatoms. The Balaban J connectivity index is 1.85. The van der Waals surface area contributed by atoms with Crippen molar-refractivity contribution in [3.05, 3.63) is 82.7 Å². The van der Waals surface area contributed by atoms with Gasteiger partial charge in [-0.2, -0.15) is 5.10 Å². The molecule has 0 bridgehead atoms. The molecule has 0 radical (unpaired) electrons. The van der Waals surface area contributed by atoms with Crippen LogP contribution in [0.25, 0.3) is 0 Å². The maximum absolute atomic E-state index is 12.8. The molecule has 1 amide bonds. The molecule has 0 spiro atoms. The molecule has 3 rings (SSSR count). The molecule has 1 atom stereocenters. The number of hydrogen-bond acceptors (Lipinski definition) is 3. The van der Waals surface area contributed by atoms with Crippen LogP contribution in [0, 0.1) is 13.8 Å². The van der Waals surface area contributed by atoms with Gasteiger partial charge in [0.05, 0.1) is 25.3 Å². The van der Waals surface area contributed by atoms with Gasteiger partial charge in [0.25, 0.3) is 0 Å². The van der Waals surface area contributed by atoms with Crippen molar-refractivity contribution in [1.82, 2.24) is 15.1 Å². The average Bonchev–Trinajstić information content (AvgIpc) is 2.93. The lowest BCUT2D eigenvalue weighted by atomic mass is 9.98. The number of carbonyl (C=O) groups excluding carboxylic acids is 1. The Morgan fingerprint density at radius 2 is 1.70 bits per heavy atom. The molecule has 1 aromatic heterocycles. The van der Waals surface area contributed by atoms with Gasteiger partial charge in [-0.3, -0.25) is 9.48 Å². The van der Waals surface area contributed by atoms with E-state index < -0.39 is 0 Å². The first-order chi connectivity index (χ1) is 13.0. The van der Waals surface area contributed by atoms with Crippen molar-refractivity contribution < 1.29 is 9.53 Å². The summed E-state index contributed by atoms with van der Waals surface area (Å²) in [7, 11) is 3.54. The van der Waals surface area contributed by atoms with Gasteiger partial charge in [-0.1, -0.05) is 42.5 Å². The summed E-state index contributed by atoms with van der Waals surface area (Å²) >= 11 is 0. The Hall–Kier alpha value is -3.08. The van der Waals surface area contributed by atoms with Crippen LogP contribution in [0.1, 0.15) is 34.1 Å². The molecule has 0 aliphatic rings. The minimum absolute atomic E-state index is 0.0288. The van der Waals surface area contributed by atoms with Crippen molar-refractivity contribution in [2.24, 2.45) is 7.05 Å². The van der Waals surface area contributed by atoms with Gasteiger partial charge in [0, 0.05) is 18.3 Å². The predicted molar refractivity (Wildman–Crippen MR) is 106 cm³/mol. The van der Waals surface area contributed by atoms with Gasteiger partial charge in [0.15, 0.2) is 0 Å². The molecule has 27 heavy (non-hydrogen) atoms. The van der Waals surface area contributed by atoms with E-state index in [4.69, 9.17) is 4.74 Å². The van der Waals surface area contributed by atoms with Crippen LogP contribution in [0.2, 0.25) is 0 Å². The zero-order chi connectivity index (χ0) is 19.4. The van der Waals surface area contributed by atoms with Gasteiger partial charge in [-0.15, -0.1) is 0 Å². The standard InChI is InChI=1S/C22H25N3O2/c1-15-20(16(2)25(3)24-15)14-21(26)23-22(17-8-6-5-7-9-17)18-10-12-19(27-4)13-11-18/h5-13,22H,14H2,1-4H3,(H,23,26). The summed E-state index contributed by atoms with van der Waals surface area (Å²) < 4.78 is 7.06. The minimum atomic E-state index is -0.220. The highest BCUT2D eigenvalue weighted by molar-refractivity contribution is 5.80. The van der Waals surface area contributed by atoms with Crippen molar-refractivity contribution in [2.45, 2.75) is 26.3 Å². The second-order valence-corrected chi connectivity index (χ2v) is 6.63. The maximum atomic E-state index is 12.8. The zero-order valence-electron chi connectivity index (χ0n) is 16.2. The molecule has 5 nitrogen and oxygen atoms in total. The highest BCUT2D eigenvalue weighted by atomic mass is 16.5. The minimum Gasteiger partial charge on any atom is -0.497 e. The number of hydrogen-bond donors (Lipinski definition) is 1. The number of ether oxygens (including phenoxy) is 1. The number of aryl methyl sites for hydroxylation is 2. The molecule has 0 aliphatic heterocycles. The lowest BCUT2D eigenvalue weighted by molar-refractivity contribution is -0.121. The summed E-state index contributed by atoms with van der Waals surface area (Å²) in [4.78, 5) is 12.8. The van der Waals surface area contributed by atoms with E-state index in [1.807, 2.05) is 80.2 Å². The topological polar surface area (TPSA) is 56.1 Å². The quantitative estimate of drug-likeness (QED) is 0.729. The summed E-state index contributed by atoms with van der Waals surface area (Å²) in [5, 5.41) is 7.58. The fraction of sp³-hybridized carbons (Fsp3) is 0.273. The van der Waals surface area contributed by atoms with Gasteiger partial charge in [-0.05, 0) is 37.1 Å². The highest BCUT2D eigenvalue weighted by Crippen LogP contribution is 2.24. The van der Waals surface area contributed by atoms with E-state index in [0.717, 1.165) is 33.8 Å². The summed E-state index contributed by atoms with van der Waals surface area (Å²) in [6, 6.07) is 17.5. The second kappa shape index (κ2) is 8.08. The fourth-order valence-electron chi connectivity index (χ4n) is 3.25. The Morgan fingerprint density at radius 3 is 2.26 bits per heavy atom. The molecule has 1 N–H and O–H groups in total. The Kier molecular flexibility index (Phi) is 5.60. The van der Waals surface area contributed by atoms with Gasteiger partial charge in [0.1, 0.15) is 5.75 Å². The van der Waals surface area contributed by atoms with Crippen molar-refractivity contribution in [3.8, 4) is 5.75 Å². The molecular formula is C22H25N3O2. The number of benzene rings is 2. The predicted octanol–water partition coefficient (Wildman–Crippen LogP) is 3.49. The van der Waals surface area contributed by atoms with E-state index in [2.05, 4.69) is 10.4 Å². The molecular weight excluding hydrogens is 338 g/mol. The Bertz CT molecular complexity index is 915. The van der Waals surface area contributed by atoms with Gasteiger partial charge in [-0.25, -0.2) is 0 Å². The molecule has 3 aromatic rings. The average molecular weight is 363 g/mol. The van der Waals surface area contributed by atoms with Crippen molar-refractivity contribution in [3.63, 3.8) is 0 Å². The van der Waals surface area contributed by atoms with Gasteiger partial charge < -0.3 is 10.1 Å². The monoisotopic (exact) mass is 363 g/mol. The SMILES string of the molecule is COc1ccc(C(NC(=O)Cc2c(C)nn(C)c2C)c2ccccc2)cc1. The third kappa shape index (κ3) is 4.19. The number of nitrogens with zero attached hydrogens (tertiary/aromatic N) is 2. The van der Waals surface area contributed by atoms with Crippen LogP contribution in [0.4, 0.5) is 0 Å². The first kappa shape index (κ1) is 18.7. The normalized spacial score (nSPS) is 11.9. The van der Waals surface area contributed by atoms with E-state index in [9.17, 15) is 4.79 Å². The molecule has 2 aromatic carbocycles. The van der Waals surface area contributed by atoms with Crippen LogP contribution in [-0.4, -0.2) is 22.8 Å². The van der Waals surface area contributed by atoms with Crippen LogP contribution in [-0.2, 0) is 18.3 Å². The zero-order valence-corrected chi connectivity index (χ0v) is 16.2. The fourth-order valence-corrected chi connectivity index (χ4v) is 3.25. The summed E-state index contributed by atoms with van der Waals surface area (Å²) in [6.07, 6.45) is 0.311. The van der Waals surface area contributed by atoms with Crippen LogP contribution < -0.4 is 10.1 Å². The van der Waals surface area contributed by atoms with E-state index in [1.165, 1.54) is 0 Å². The highest BCUT2D eigenvalue weighted by Gasteiger charge is 2.19. The molecule has 0 saturated heterocycles.